The summed E-state index contributed by atoms with van der Waals surface area (Å²) in [7, 11) is 1.90. The number of halogens is 1. The van der Waals surface area contributed by atoms with Gasteiger partial charge in [0.15, 0.2) is 0 Å². The zero-order valence-electron chi connectivity index (χ0n) is 5.23. The lowest BCUT2D eigenvalue weighted by Gasteiger charge is -2.06. The fraction of sp³-hybridized carbons (Fsp3) is 1.00. The Balaban J connectivity index is 2.72. The third kappa shape index (κ3) is 6.65. The van der Waals surface area contributed by atoms with Gasteiger partial charge in [-0.1, -0.05) is 22.6 Å². The predicted molar refractivity (Wildman–Crippen MR) is 44.9 cm³/mol. The van der Waals surface area contributed by atoms with Gasteiger partial charge in [-0.15, -0.1) is 0 Å². The van der Waals surface area contributed by atoms with E-state index in [-0.39, 0.29) is 0 Å². The first-order valence-electron chi connectivity index (χ1n) is 2.79. The van der Waals surface area contributed by atoms with Crippen LogP contribution in [0.1, 0.15) is 12.8 Å². The minimum Gasteiger partial charge on any atom is -0.269 e. The van der Waals surface area contributed by atoms with Gasteiger partial charge < -0.3 is 0 Å². The average molecular weight is 228 g/mol. The van der Waals surface area contributed by atoms with Gasteiger partial charge in [0.2, 0.25) is 0 Å². The van der Waals surface area contributed by atoms with Crippen LogP contribution in [0.2, 0.25) is 0 Å². The van der Waals surface area contributed by atoms with E-state index in [0.717, 1.165) is 6.54 Å². The maximum Gasteiger partial charge on any atom is 0.0125 e. The lowest BCUT2D eigenvalue weighted by molar-refractivity contribution is 0.343. The second-order valence-corrected chi connectivity index (χ2v) is 2.96. The van der Waals surface area contributed by atoms with E-state index in [1.165, 1.54) is 17.3 Å². The van der Waals surface area contributed by atoms with Crippen LogP contribution in [-0.4, -0.2) is 23.0 Å². The van der Waals surface area contributed by atoms with Crippen molar-refractivity contribution in [3.05, 3.63) is 0 Å². The van der Waals surface area contributed by atoms with Crippen LogP contribution in [0.3, 0.4) is 0 Å². The van der Waals surface area contributed by atoms with Crippen LogP contribution in [-0.2, 0) is 0 Å². The second-order valence-electron chi connectivity index (χ2n) is 1.88. The molecule has 0 saturated carbocycles. The maximum atomic E-state index is 5.36. The molecule has 3 heteroatoms. The molecule has 0 bridgehead atoms. The zero-order valence-corrected chi connectivity index (χ0v) is 7.39. The van der Waals surface area contributed by atoms with Gasteiger partial charge in [-0.3, -0.25) is 10.9 Å². The molecule has 2 N–H and O–H groups in total. The van der Waals surface area contributed by atoms with E-state index in [9.17, 15) is 0 Å². The highest BCUT2D eigenvalue weighted by Gasteiger charge is 1.87. The van der Waals surface area contributed by atoms with E-state index in [1.807, 2.05) is 7.05 Å². The molecule has 0 aliphatic rings. The topological polar surface area (TPSA) is 29.3 Å². The first-order chi connectivity index (χ1) is 3.77. The van der Waals surface area contributed by atoms with Crippen LogP contribution >= 0.6 is 22.6 Å². The number of nitrogens with two attached hydrogens (primary N) is 1. The molecular formula is C5H13IN2. The molecule has 0 aromatic heterocycles. The molecule has 0 radical (unpaired) electrons. The van der Waals surface area contributed by atoms with E-state index in [2.05, 4.69) is 22.6 Å². The quantitative estimate of drug-likeness (QED) is 0.256. The Morgan fingerprint density at radius 3 is 2.50 bits per heavy atom. The van der Waals surface area contributed by atoms with Crippen molar-refractivity contribution in [2.45, 2.75) is 12.8 Å². The molecule has 0 saturated heterocycles. The Morgan fingerprint density at radius 2 is 2.12 bits per heavy atom. The highest BCUT2D eigenvalue weighted by atomic mass is 127. The number of alkyl halides is 1. The molecule has 0 aliphatic heterocycles. The normalized spacial score (nSPS) is 10.5. The van der Waals surface area contributed by atoms with Crippen molar-refractivity contribution < 1.29 is 0 Å². The summed E-state index contributed by atoms with van der Waals surface area (Å²) < 4.78 is 1.24. The monoisotopic (exact) mass is 228 g/mol. The SMILES string of the molecule is CN(N)CCCCI. The van der Waals surface area contributed by atoms with E-state index in [1.54, 1.807) is 5.01 Å². The Hall–Kier alpha value is 0.650. The Kier molecular flexibility index (Phi) is 6.25. The van der Waals surface area contributed by atoms with Crippen LogP contribution in [0.15, 0.2) is 0 Å². The molecule has 0 aliphatic carbocycles. The van der Waals surface area contributed by atoms with Gasteiger partial charge in [0.25, 0.3) is 0 Å². The number of rotatable bonds is 4. The molecule has 50 valence electrons. The van der Waals surface area contributed by atoms with Crippen molar-refractivity contribution in [2.75, 3.05) is 18.0 Å². The molecule has 0 amide bonds. The molecule has 0 heterocycles. The molecule has 0 atom stereocenters. The van der Waals surface area contributed by atoms with Crippen molar-refractivity contribution in [2.24, 2.45) is 5.84 Å². The number of nitrogens with zero attached hydrogens (tertiary/aromatic N) is 1. The van der Waals surface area contributed by atoms with Crippen LogP contribution in [0.4, 0.5) is 0 Å². The lowest BCUT2D eigenvalue weighted by Crippen LogP contribution is -2.26. The molecule has 0 unspecified atom stereocenters. The number of hydrazine groups is 1. The summed E-state index contributed by atoms with van der Waals surface area (Å²) in [6.07, 6.45) is 2.50. The number of unbranched alkanes of at least 4 members (excludes halogenated alkanes) is 1. The van der Waals surface area contributed by atoms with Gasteiger partial charge in [-0.25, -0.2) is 0 Å². The fourth-order valence-corrected chi connectivity index (χ4v) is 0.995. The first kappa shape index (κ1) is 8.65. The van der Waals surface area contributed by atoms with E-state index in [4.69, 9.17) is 5.84 Å². The summed E-state index contributed by atoms with van der Waals surface area (Å²) in [6, 6.07) is 0. The lowest BCUT2D eigenvalue weighted by atomic mass is 10.3. The molecule has 0 aromatic rings. The molecular weight excluding hydrogens is 215 g/mol. The molecule has 0 rings (SSSR count). The summed E-state index contributed by atoms with van der Waals surface area (Å²) in [4.78, 5) is 0. The van der Waals surface area contributed by atoms with Gasteiger partial charge in [0, 0.05) is 13.6 Å². The molecule has 8 heavy (non-hydrogen) atoms. The zero-order chi connectivity index (χ0) is 6.41. The third-order valence-electron chi connectivity index (χ3n) is 0.894. The third-order valence-corrected chi connectivity index (χ3v) is 1.66. The van der Waals surface area contributed by atoms with E-state index < -0.39 is 0 Å². The fourth-order valence-electron chi connectivity index (χ4n) is 0.456. The number of hydrogen-bond acceptors (Lipinski definition) is 2. The van der Waals surface area contributed by atoms with Gasteiger partial charge in [-0.05, 0) is 17.3 Å². The summed E-state index contributed by atoms with van der Waals surface area (Å²) in [5.41, 5.74) is 0. The van der Waals surface area contributed by atoms with Crippen LogP contribution in [0.5, 0.6) is 0 Å². The Bertz CT molecular complexity index is 47.7. The van der Waals surface area contributed by atoms with Crippen LogP contribution in [0.25, 0.3) is 0 Å². The maximum absolute atomic E-state index is 5.36. The van der Waals surface area contributed by atoms with Gasteiger partial charge in [-0.2, -0.15) is 0 Å². The summed E-state index contributed by atoms with van der Waals surface area (Å²) in [5, 5.41) is 1.73. The minimum absolute atomic E-state index is 1.02. The van der Waals surface area contributed by atoms with Crippen molar-refractivity contribution in [1.29, 1.82) is 0 Å². The Labute approximate surface area is 64.5 Å². The standard InChI is InChI=1S/C5H13IN2/c1-8(7)5-3-2-4-6/h2-5,7H2,1H3. The molecule has 0 fully saturated rings. The summed E-state index contributed by atoms with van der Waals surface area (Å²) in [6.45, 7) is 1.02. The van der Waals surface area contributed by atoms with Crippen LogP contribution < -0.4 is 5.84 Å². The first-order valence-corrected chi connectivity index (χ1v) is 4.31. The molecule has 0 spiro atoms. The highest BCUT2D eigenvalue weighted by Crippen LogP contribution is 1.93. The van der Waals surface area contributed by atoms with Crippen molar-refractivity contribution in [3.8, 4) is 0 Å². The van der Waals surface area contributed by atoms with E-state index >= 15 is 0 Å². The van der Waals surface area contributed by atoms with Gasteiger partial charge in [0.1, 0.15) is 0 Å². The van der Waals surface area contributed by atoms with Gasteiger partial charge >= 0.3 is 0 Å². The number of hydrogen-bond donors (Lipinski definition) is 1. The van der Waals surface area contributed by atoms with Gasteiger partial charge in [0.05, 0.1) is 0 Å². The largest absolute Gasteiger partial charge is 0.269 e. The predicted octanol–water partition coefficient (Wildman–Crippen LogP) is 1.01. The van der Waals surface area contributed by atoms with Crippen LogP contribution in [0, 0.1) is 0 Å². The minimum atomic E-state index is 1.02. The molecule has 2 nitrogen and oxygen atoms in total. The second kappa shape index (κ2) is 5.78. The smallest absolute Gasteiger partial charge is 0.0125 e. The van der Waals surface area contributed by atoms with Crippen molar-refractivity contribution >= 4 is 22.6 Å². The van der Waals surface area contributed by atoms with Crippen molar-refractivity contribution in [3.63, 3.8) is 0 Å². The summed E-state index contributed by atoms with van der Waals surface area (Å²) >= 11 is 2.37. The average Bonchev–Trinajstić information content (AvgIpc) is 1.66. The summed E-state index contributed by atoms with van der Waals surface area (Å²) in [5.74, 6) is 5.36. The Morgan fingerprint density at radius 1 is 1.50 bits per heavy atom. The molecule has 0 aromatic carbocycles. The highest BCUT2D eigenvalue weighted by molar-refractivity contribution is 14.1. The van der Waals surface area contributed by atoms with Crippen molar-refractivity contribution in [1.82, 2.24) is 5.01 Å². The van der Waals surface area contributed by atoms with E-state index in [0.29, 0.717) is 0 Å².